The molecule has 5 nitrogen and oxygen atoms in total. The molecule has 0 aromatic heterocycles. The van der Waals surface area contributed by atoms with Crippen LogP contribution in [0.15, 0.2) is 0 Å². The highest BCUT2D eigenvalue weighted by Crippen LogP contribution is 2.13. The first-order valence-electron chi connectivity index (χ1n) is 5.56. The molecule has 1 amide bonds. The summed E-state index contributed by atoms with van der Waals surface area (Å²) in [6, 6.07) is 0.0941. The van der Waals surface area contributed by atoms with Crippen molar-refractivity contribution < 1.29 is 13.7 Å². The van der Waals surface area contributed by atoms with Crippen LogP contribution in [0.4, 0.5) is 0 Å². The molecule has 0 radical (unpaired) electrons. The number of likely N-dealkylation sites (N-methyl/N-ethyl adjacent to an activating group) is 1. The summed E-state index contributed by atoms with van der Waals surface area (Å²) in [5.41, 5.74) is 0. The molecule has 1 fully saturated rings. The molecule has 0 saturated carbocycles. The van der Waals surface area contributed by atoms with Gasteiger partial charge in [-0.1, -0.05) is 6.92 Å². The van der Waals surface area contributed by atoms with E-state index in [0.717, 1.165) is 0 Å². The molecule has 0 bridgehead atoms. The van der Waals surface area contributed by atoms with Crippen molar-refractivity contribution in [2.45, 2.75) is 13.0 Å². The SMILES string of the molecule is CCS(=O)CCNC(=O)C1COCC1NC. The molecule has 1 saturated heterocycles. The summed E-state index contributed by atoms with van der Waals surface area (Å²) in [7, 11) is 1.01. The second-order valence-electron chi connectivity index (χ2n) is 3.76. The van der Waals surface area contributed by atoms with Gasteiger partial charge in [0.25, 0.3) is 0 Å². The van der Waals surface area contributed by atoms with Gasteiger partial charge in [0.05, 0.1) is 19.1 Å². The van der Waals surface area contributed by atoms with E-state index >= 15 is 0 Å². The van der Waals surface area contributed by atoms with Gasteiger partial charge in [0.2, 0.25) is 5.91 Å². The van der Waals surface area contributed by atoms with Crippen LogP contribution in [-0.4, -0.2) is 54.5 Å². The Kier molecular flexibility index (Phi) is 5.94. The molecule has 94 valence electrons. The molecule has 2 N–H and O–H groups in total. The van der Waals surface area contributed by atoms with Crippen molar-refractivity contribution in [3.05, 3.63) is 0 Å². The minimum atomic E-state index is -0.817. The minimum Gasteiger partial charge on any atom is -0.379 e. The topological polar surface area (TPSA) is 67.4 Å². The van der Waals surface area contributed by atoms with Crippen LogP contribution < -0.4 is 10.6 Å². The number of hydrogen-bond donors (Lipinski definition) is 2. The quantitative estimate of drug-likeness (QED) is 0.640. The standard InChI is InChI=1S/C10H20N2O3S/c1-3-16(14)5-4-12-10(13)8-6-15-7-9(8)11-2/h8-9,11H,3-7H2,1-2H3,(H,12,13). The van der Waals surface area contributed by atoms with Gasteiger partial charge in [0.15, 0.2) is 0 Å². The zero-order valence-corrected chi connectivity index (χ0v) is 10.6. The number of carbonyl (C=O) groups is 1. The van der Waals surface area contributed by atoms with Crippen LogP contribution in [0.3, 0.4) is 0 Å². The van der Waals surface area contributed by atoms with Crippen LogP contribution in [0.2, 0.25) is 0 Å². The summed E-state index contributed by atoms with van der Waals surface area (Å²) in [5.74, 6) is 1.03. The summed E-state index contributed by atoms with van der Waals surface area (Å²) < 4.78 is 16.4. The van der Waals surface area contributed by atoms with Gasteiger partial charge >= 0.3 is 0 Å². The average Bonchev–Trinajstić information content (AvgIpc) is 2.76. The molecule has 1 heterocycles. The molecule has 3 atom stereocenters. The van der Waals surface area contributed by atoms with Crippen molar-refractivity contribution >= 4 is 16.7 Å². The van der Waals surface area contributed by atoms with Gasteiger partial charge < -0.3 is 15.4 Å². The van der Waals surface area contributed by atoms with Crippen LogP contribution in [-0.2, 0) is 20.3 Å². The monoisotopic (exact) mass is 248 g/mol. The smallest absolute Gasteiger partial charge is 0.227 e. The van der Waals surface area contributed by atoms with Crippen molar-refractivity contribution in [3.8, 4) is 0 Å². The molecule has 0 aliphatic carbocycles. The van der Waals surface area contributed by atoms with Crippen molar-refractivity contribution in [2.24, 2.45) is 5.92 Å². The van der Waals surface area contributed by atoms with E-state index in [1.165, 1.54) is 0 Å². The van der Waals surface area contributed by atoms with Crippen LogP contribution >= 0.6 is 0 Å². The van der Waals surface area contributed by atoms with Gasteiger partial charge in [-0.25, -0.2) is 0 Å². The second-order valence-corrected chi connectivity index (χ2v) is 5.63. The van der Waals surface area contributed by atoms with Crippen molar-refractivity contribution in [2.75, 3.05) is 38.3 Å². The fourth-order valence-corrected chi connectivity index (χ4v) is 2.28. The third-order valence-corrected chi connectivity index (χ3v) is 4.04. The normalized spacial score (nSPS) is 26.6. The van der Waals surface area contributed by atoms with E-state index in [4.69, 9.17) is 4.74 Å². The molecule has 1 aliphatic heterocycles. The van der Waals surface area contributed by atoms with E-state index in [9.17, 15) is 9.00 Å². The Morgan fingerprint density at radius 1 is 1.50 bits per heavy atom. The maximum Gasteiger partial charge on any atom is 0.227 e. The maximum absolute atomic E-state index is 11.8. The molecule has 0 spiro atoms. The summed E-state index contributed by atoms with van der Waals surface area (Å²) in [5, 5.41) is 5.86. The highest BCUT2D eigenvalue weighted by Gasteiger charge is 2.32. The molecular weight excluding hydrogens is 228 g/mol. The fourth-order valence-electron chi connectivity index (χ4n) is 1.66. The Hall–Kier alpha value is -0.460. The zero-order valence-electron chi connectivity index (χ0n) is 9.82. The van der Waals surface area contributed by atoms with E-state index in [1.807, 2.05) is 14.0 Å². The third kappa shape index (κ3) is 3.84. The number of nitrogens with one attached hydrogen (secondary N) is 2. The number of rotatable bonds is 6. The summed E-state index contributed by atoms with van der Waals surface area (Å²) in [6.07, 6.45) is 0. The lowest BCUT2D eigenvalue weighted by molar-refractivity contribution is -0.125. The summed E-state index contributed by atoms with van der Waals surface area (Å²) >= 11 is 0. The Bertz CT molecular complexity index is 260. The van der Waals surface area contributed by atoms with E-state index in [-0.39, 0.29) is 17.9 Å². The summed E-state index contributed by atoms with van der Waals surface area (Å²) in [4.78, 5) is 11.8. The molecule has 16 heavy (non-hydrogen) atoms. The molecule has 6 heteroatoms. The van der Waals surface area contributed by atoms with E-state index in [2.05, 4.69) is 10.6 Å². The minimum absolute atomic E-state index is 0.00930. The first-order valence-corrected chi connectivity index (χ1v) is 7.05. The van der Waals surface area contributed by atoms with Crippen LogP contribution in [0.1, 0.15) is 6.92 Å². The lowest BCUT2D eigenvalue weighted by Crippen LogP contribution is -2.43. The van der Waals surface area contributed by atoms with Crippen molar-refractivity contribution in [1.82, 2.24) is 10.6 Å². The predicted octanol–water partition coefficient (Wildman–Crippen LogP) is -0.894. The average molecular weight is 248 g/mol. The largest absolute Gasteiger partial charge is 0.379 e. The van der Waals surface area contributed by atoms with Gasteiger partial charge in [-0.15, -0.1) is 0 Å². The number of amides is 1. The van der Waals surface area contributed by atoms with E-state index in [1.54, 1.807) is 0 Å². The molecule has 1 rings (SSSR count). The fraction of sp³-hybridized carbons (Fsp3) is 0.900. The van der Waals surface area contributed by atoms with Crippen LogP contribution in [0.5, 0.6) is 0 Å². The third-order valence-electron chi connectivity index (χ3n) is 2.74. The molecular formula is C10H20N2O3S. The van der Waals surface area contributed by atoms with Crippen LogP contribution in [0.25, 0.3) is 0 Å². The van der Waals surface area contributed by atoms with Crippen molar-refractivity contribution in [1.29, 1.82) is 0 Å². The Morgan fingerprint density at radius 2 is 2.25 bits per heavy atom. The highest BCUT2D eigenvalue weighted by molar-refractivity contribution is 7.84. The van der Waals surface area contributed by atoms with E-state index < -0.39 is 10.8 Å². The maximum atomic E-state index is 11.8. The zero-order chi connectivity index (χ0) is 12.0. The Morgan fingerprint density at radius 3 is 2.88 bits per heavy atom. The van der Waals surface area contributed by atoms with E-state index in [0.29, 0.717) is 31.3 Å². The number of ether oxygens (including phenoxy) is 1. The molecule has 0 aromatic rings. The van der Waals surface area contributed by atoms with Crippen molar-refractivity contribution in [3.63, 3.8) is 0 Å². The van der Waals surface area contributed by atoms with Gasteiger partial charge in [-0.2, -0.15) is 0 Å². The summed E-state index contributed by atoms with van der Waals surface area (Å²) in [6.45, 7) is 3.40. The first-order chi connectivity index (χ1) is 7.69. The Labute approximate surface area is 98.8 Å². The lowest BCUT2D eigenvalue weighted by Gasteiger charge is -2.16. The molecule has 0 aromatic carbocycles. The first kappa shape index (κ1) is 13.6. The number of carbonyl (C=O) groups excluding carboxylic acids is 1. The number of hydrogen-bond acceptors (Lipinski definition) is 4. The van der Waals surface area contributed by atoms with Gasteiger partial charge in [0.1, 0.15) is 0 Å². The predicted molar refractivity (Wildman–Crippen MR) is 63.7 cm³/mol. The van der Waals surface area contributed by atoms with Crippen LogP contribution in [0, 0.1) is 5.92 Å². The second kappa shape index (κ2) is 6.98. The van der Waals surface area contributed by atoms with Gasteiger partial charge in [0, 0.05) is 34.9 Å². The van der Waals surface area contributed by atoms with Gasteiger partial charge in [-0.05, 0) is 7.05 Å². The molecule has 3 unspecified atom stereocenters. The Balaban J connectivity index is 2.26. The molecule has 1 aliphatic rings. The van der Waals surface area contributed by atoms with Gasteiger partial charge in [-0.3, -0.25) is 9.00 Å². The highest BCUT2D eigenvalue weighted by atomic mass is 32.2. The lowest BCUT2D eigenvalue weighted by atomic mass is 10.0.